The predicted molar refractivity (Wildman–Crippen MR) is 77.9 cm³/mol. The van der Waals surface area contributed by atoms with Crippen molar-refractivity contribution in [3.05, 3.63) is 35.8 Å². The van der Waals surface area contributed by atoms with Gasteiger partial charge in [-0.2, -0.15) is 0 Å². The number of carbonyl (C=O) groups is 1. The highest BCUT2D eigenvalue weighted by Gasteiger charge is 2.21. The Morgan fingerprint density at radius 1 is 1.43 bits per heavy atom. The number of nitrogens with zero attached hydrogens (tertiary/aromatic N) is 2. The molecule has 2 rings (SSSR count). The molecule has 21 heavy (non-hydrogen) atoms. The molecule has 0 spiro atoms. The Morgan fingerprint density at radius 2 is 2.29 bits per heavy atom. The molecule has 0 aliphatic heterocycles. The van der Waals surface area contributed by atoms with Crippen LogP contribution < -0.4 is 5.32 Å². The van der Waals surface area contributed by atoms with E-state index in [0.29, 0.717) is 36.8 Å². The summed E-state index contributed by atoms with van der Waals surface area (Å²) in [6.45, 7) is 5.43. The van der Waals surface area contributed by atoms with E-state index in [4.69, 9.17) is 9.26 Å². The Balaban J connectivity index is 2.06. The monoisotopic (exact) mass is 289 g/mol. The molecule has 1 N–H and O–H groups in total. The van der Waals surface area contributed by atoms with E-state index in [1.807, 2.05) is 13.0 Å². The lowest BCUT2D eigenvalue weighted by Crippen LogP contribution is -2.28. The van der Waals surface area contributed by atoms with Gasteiger partial charge in [0.15, 0.2) is 5.76 Å². The number of ether oxygens (including phenoxy) is 1. The fourth-order valence-electron chi connectivity index (χ4n) is 1.90. The summed E-state index contributed by atoms with van der Waals surface area (Å²) in [7, 11) is 0. The molecule has 0 saturated carbocycles. The van der Waals surface area contributed by atoms with Crippen molar-refractivity contribution in [2.75, 3.05) is 19.8 Å². The summed E-state index contributed by atoms with van der Waals surface area (Å²) < 4.78 is 10.6. The summed E-state index contributed by atoms with van der Waals surface area (Å²) in [4.78, 5) is 16.3. The maximum Gasteiger partial charge on any atom is 0.257 e. The second-order valence-corrected chi connectivity index (χ2v) is 4.58. The molecule has 2 aromatic rings. The zero-order valence-electron chi connectivity index (χ0n) is 12.3. The molecule has 0 radical (unpaired) electrons. The molecule has 0 fully saturated rings. The van der Waals surface area contributed by atoms with E-state index in [1.54, 1.807) is 25.4 Å². The number of aromatic nitrogens is 2. The molecule has 6 nitrogen and oxygen atoms in total. The van der Waals surface area contributed by atoms with E-state index in [0.717, 1.165) is 12.0 Å². The average Bonchev–Trinajstić information content (AvgIpc) is 2.89. The van der Waals surface area contributed by atoms with E-state index in [1.165, 1.54) is 0 Å². The maximum absolute atomic E-state index is 12.3. The molecular weight excluding hydrogens is 270 g/mol. The van der Waals surface area contributed by atoms with Crippen LogP contribution in [-0.2, 0) is 4.74 Å². The molecule has 0 saturated heterocycles. The standard InChI is InChI=1S/C15H19N3O3/c1-3-8-20-9-7-17-15(19)13-11(2)18-21-14(13)12-5-4-6-16-10-12/h4-6,10H,3,7-9H2,1-2H3,(H,17,19). The van der Waals surface area contributed by atoms with E-state index >= 15 is 0 Å². The Hall–Kier alpha value is -2.21. The molecule has 1 amide bonds. The second kappa shape index (κ2) is 7.54. The SMILES string of the molecule is CCCOCCNC(=O)c1c(C)noc1-c1cccnc1. The summed E-state index contributed by atoms with van der Waals surface area (Å²) in [5, 5.41) is 6.69. The van der Waals surface area contributed by atoms with Gasteiger partial charge in [0.2, 0.25) is 0 Å². The van der Waals surface area contributed by atoms with Crippen molar-refractivity contribution >= 4 is 5.91 Å². The van der Waals surface area contributed by atoms with Gasteiger partial charge in [-0.3, -0.25) is 9.78 Å². The van der Waals surface area contributed by atoms with Crippen molar-refractivity contribution in [3.8, 4) is 11.3 Å². The zero-order valence-corrected chi connectivity index (χ0v) is 12.3. The summed E-state index contributed by atoms with van der Waals surface area (Å²) in [6.07, 6.45) is 4.27. The fraction of sp³-hybridized carbons (Fsp3) is 0.400. The molecule has 0 aromatic carbocycles. The summed E-state index contributed by atoms with van der Waals surface area (Å²) in [5.41, 5.74) is 1.73. The zero-order chi connectivity index (χ0) is 15.1. The van der Waals surface area contributed by atoms with Crippen LogP contribution in [0.3, 0.4) is 0 Å². The Bertz CT molecular complexity index is 581. The Kier molecular flexibility index (Phi) is 5.45. The van der Waals surface area contributed by atoms with Crippen LogP contribution in [0.4, 0.5) is 0 Å². The number of pyridine rings is 1. The van der Waals surface area contributed by atoms with Gasteiger partial charge in [-0.25, -0.2) is 0 Å². The molecule has 112 valence electrons. The first-order valence-electron chi connectivity index (χ1n) is 6.96. The van der Waals surface area contributed by atoms with E-state index in [-0.39, 0.29) is 5.91 Å². The molecule has 6 heteroatoms. The first-order valence-corrected chi connectivity index (χ1v) is 6.96. The third-order valence-electron chi connectivity index (χ3n) is 2.89. The van der Waals surface area contributed by atoms with Gasteiger partial charge in [0.05, 0.1) is 12.3 Å². The Morgan fingerprint density at radius 3 is 3.00 bits per heavy atom. The number of amides is 1. The first-order chi connectivity index (χ1) is 10.2. The van der Waals surface area contributed by atoms with Crippen LogP contribution in [0.5, 0.6) is 0 Å². The molecule has 2 heterocycles. The quantitative estimate of drug-likeness (QED) is 0.791. The van der Waals surface area contributed by atoms with Gasteiger partial charge in [0.25, 0.3) is 5.91 Å². The van der Waals surface area contributed by atoms with Crippen molar-refractivity contribution in [1.29, 1.82) is 0 Å². The lowest BCUT2D eigenvalue weighted by molar-refractivity contribution is 0.0915. The van der Waals surface area contributed by atoms with Gasteiger partial charge >= 0.3 is 0 Å². The van der Waals surface area contributed by atoms with Crippen LogP contribution in [-0.4, -0.2) is 35.8 Å². The van der Waals surface area contributed by atoms with E-state index < -0.39 is 0 Å². The van der Waals surface area contributed by atoms with Gasteiger partial charge < -0.3 is 14.6 Å². The van der Waals surface area contributed by atoms with E-state index in [2.05, 4.69) is 15.5 Å². The van der Waals surface area contributed by atoms with Gasteiger partial charge in [-0.15, -0.1) is 0 Å². The average molecular weight is 289 g/mol. The van der Waals surface area contributed by atoms with Crippen LogP contribution >= 0.6 is 0 Å². The molecule has 2 aromatic heterocycles. The second-order valence-electron chi connectivity index (χ2n) is 4.58. The molecule has 0 aliphatic rings. The van der Waals surface area contributed by atoms with Crippen molar-refractivity contribution < 1.29 is 14.1 Å². The maximum atomic E-state index is 12.3. The molecule has 0 atom stereocenters. The third kappa shape index (κ3) is 3.88. The number of nitrogens with one attached hydrogen (secondary N) is 1. The lowest BCUT2D eigenvalue weighted by Gasteiger charge is -2.06. The summed E-state index contributed by atoms with van der Waals surface area (Å²) in [5.74, 6) is 0.222. The lowest BCUT2D eigenvalue weighted by atomic mass is 10.1. The van der Waals surface area contributed by atoms with Gasteiger partial charge in [-0.05, 0) is 25.5 Å². The van der Waals surface area contributed by atoms with Crippen molar-refractivity contribution in [1.82, 2.24) is 15.5 Å². The largest absolute Gasteiger partial charge is 0.380 e. The highest BCUT2D eigenvalue weighted by Crippen LogP contribution is 2.25. The highest BCUT2D eigenvalue weighted by atomic mass is 16.5. The predicted octanol–water partition coefficient (Wildman–Crippen LogP) is 2.20. The topological polar surface area (TPSA) is 77.2 Å². The first kappa shape index (κ1) is 15.2. The minimum atomic E-state index is -0.215. The normalized spacial score (nSPS) is 10.6. The minimum absolute atomic E-state index is 0.215. The van der Waals surface area contributed by atoms with Crippen molar-refractivity contribution in [2.24, 2.45) is 0 Å². The summed E-state index contributed by atoms with van der Waals surface area (Å²) >= 11 is 0. The minimum Gasteiger partial charge on any atom is -0.380 e. The number of rotatable bonds is 7. The molecule has 0 aliphatic carbocycles. The van der Waals surface area contributed by atoms with Crippen LogP contribution in [0.2, 0.25) is 0 Å². The van der Waals surface area contributed by atoms with Gasteiger partial charge in [0, 0.05) is 31.1 Å². The van der Waals surface area contributed by atoms with Crippen molar-refractivity contribution in [3.63, 3.8) is 0 Å². The van der Waals surface area contributed by atoms with Crippen LogP contribution in [0.15, 0.2) is 29.0 Å². The smallest absolute Gasteiger partial charge is 0.257 e. The number of hydrogen-bond donors (Lipinski definition) is 1. The van der Waals surface area contributed by atoms with Crippen LogP contribution in [0, 0.1) is 6.92 Å². The summed E-state index contributed by atoms with van der Waals surface area (Å²) in [6, 6.07) is 3.61. The van der Waals surface area contributed by atoms with Crippen LogP contribution in [0.25, 0.3) is 11.3 Å². The number of hydrogen-bond acceptors (Lipinski definition) is 5. The molecular formula is C15H19N3O3. The van der Waals surface area contributed by atoms with Gasteiger partial charge in [-0.1, -0.05) is 12.1 Å². The van der Waals surface area contributed by atoms with Crippen molar-refractivity contribution in [2.45, 2.75) is 20.3 Å². The van der Waals surface area contributed by atoms with Crippen LogP contribution in [0.1, 0.15) is 29.4 Å². The molecule has 0 bridgehead atoms. The highest BCUT2D eigenvalue weighted by molar-refractivity contribution is 6.00. The Labute approximate surface area is 123 Å². The fourth-order valence-corrected chi connectivity index (χ4v) is 1.90. The van der Waals surface area contributed by atoms with E-state index in [9.17, 15) is 4.79 Å². The number of carbonyl (C=O) groups excluding carboxylic acids is 1. The number of aryl methyl sites for hydroxylation is 1. The van der Waals surface area contributed by atoms with Gasteiger partial charge in [0.1, 0.15) is 5.56 Å². The third-order valence-corrected chi connectivity index (χ3v) is 2.89. The molecule has 0 unspecified atom stereocenters.